The van der Waals surface area contributed by atoms with Gasteiger partial charge in [0.05, 0.1) is 30.0 Å². The van der Waals surface area contributed by atoms with E-state index in [4.69, 9.17) is 8.83 Å². The van der Waals surface area contributed by atoms with Crippen LogP contribution in [0.15, 0.2) is 19.7 Å². The number of rotatable bonds is 7. The fraction of sp³-hybridized carbons (Fsp3) is 0.455. The summed E-state index contributed by atoms with van der Waals surface area (Å²) in [6.07, 6.45) is 2.54. The summed E-state index contributed by atoms with van der Waals surface area (Å²) in [4.78, 5) is 25.1. The first kappa shape index (κ1) is 21.5. The summed E-state index contributed by atoms with van der Waals surface area (Å²) in [5, 5.41) is 14.0. The summed E-state index contributed by atoms with van der Waals surface area (Å²) in [5.74, 6) is 1.34. The first-order valence-corrected chi connectivity index (χ1v) is 11.0. The minimum absolute atomic E-state index is 0.103. The topological polar surface area (TPSA) is 92.7 Å². The largest absolute Gasteiger partial charge is 0.460 e. The molecule has 0 spiro atoms. The highest BCUT2D eigenvalue weighted by atomic mass is 32.2. The van der Waals surface area contributed by atoms with Gasteiger partial charge in [0.25, 0.3) is 0 Å². The van der Waals surface area contributed by atoms with E-state index < -0.39 is 5.63 Å². The van der Waals surface area contributed by atoms with Crippen LogP contribution in [-0.4, -0.2) is 35.7 Å². The number of carbonyl (C=O) groups is 1. The van der Waals surface area contributed by atoms with Gasteiger partial charge in [-0.25, -0.2) is 4.79 Å². The first-order valence-electron chi connectivity index (χ1n) is 9.63. The van der Waals surface area contributed by atoms with E-state index in [-0.39, 0.29) is 25.0 Å². The summed E-state index contributed by atoms with van der Waals surface area (Å²) < 4.78 is 11.6. The van der Waals surface area contributed by atoms with E-state index in [0.29, 0.717) is 28.7 Å². The van der Waals surface area contributed by atoms with Crippen molar-refractivity contribution in [2.75, 3.05) is 18.6 Å². The monoisotopic (exact) mass is 417 g/mol. The molecule has 0 fully saturated rings. The molecule has 1 aromatic carbocycles. The van der Waals surface area contributed by atoms with Crippen LogP contribution in [0.4, 0.5) is 0 Å². The van der Waals surface area contributed by atoms with Crippen molar-refractivity contribution in [1.82, 2.24) is 5.32 Å². The highest BCUT2D eigenvalue weighted by Gasteiger charge is 2.21. The molecule has 2 aromatic heterocycles. The molecule has 0 aliphatic heterocycles. The summed E-state index contributed by atoms with van der Waals surface area (Å²) in [7, 11) is 0. The molecular weight excluding hydrogens is 390 g/mol. The number of aliphatic hydroxyl groups is 1. The fourth-order valence-electron chi connectivity index (χ4n) is 3.74. The summed E-state index contributed by atoms with van der Waals surface area (Å²) >= 11 is 1.65. The number of furan rings is 1. The Bertz CT molecular complexity index is 1130. The standard InChI is InChI=1S/C22H27NO5S/c1-11-8-17-20(21-19(11)12(2)14(4)27-21)13(3)16(22(26)28-17)9-18(25)23-15(10-24)6-7-29-5/h8,15,24H,6-7,9-10H2,1-5H3,(H,23,25)/t15-/m0/s1. The fourth-order valence-corrected chi connectivity index (χ4v) is 4.27. The predicted molar refractivity (Wildman–Crippen MR) is 117 cm³/mol. The van der Waals surface area contributed by atoms with Crippen LogP contribution in [0.1, 0.15) is 34.4 Å². The summed E-state index contributed by atoms with van der Waals surface area (Å²) in [6, 6.07) is 1.52. The van der Waals surface area contributed by atoms with Crippen LogP contribution < -0.4 is 10.9 Å². The lowest BCUT2D eigenvalue weighted by Crippen LogP contribution is -2.39. The van der Waals surface area contributed by atoms with Crippen LogP contribution in [0, 0.1) is 27.7 Å². The van der Waals surface area contributed by atoms with E-state index in [1.54, 1.807) is 11.8 Å². The van der Waals surface area contributed by atoms with Crippen molar-refractivity contribution < 1.29 is 18.7 Å². The van der Waals surface area contributed by atoms with Gasteiger partial charge in [0.2, 0.25) is 5.91 Å². The number of aryl methyl sites for hydroxylation is 4. The lowest BCUT2D eigenvalue weighted by atomic mass is 9.98. The molecule has 0 saturated heterocycles. The predicted octanol–water partition coefficient (Wildman–Crippen LogP) is 3.55. The molecule has 3 aromatic rings. The van der Waals surface area contributed by atoms with Crippen LogP contribution in [0.3, 0.4) is 0 Å². The number of amides is 1. The number of carbonyl (C=O) groups excluding carboxylic acids is 1. The van der Waals surface area contributed by atoms with E-state index >= 15 is 0 Å². The Kier molecular flexibility index (Phi) is 6.39. The lowest BCUT2D eigenvalue weighted by molar-refractivity contribution is -0.121. The Balaban J connectivity index is 2.04. The van der Waals surface area contributed by atoms with Crippen molar-refractivity contribution in [1.29, 1.82) is 0 Å². The Labute approximate surface area is 173 Å². The molecular formula is C22H27NO5S. The number of thioether (sulfide) groups is 1. The van der Waals surface area contributed by atoms with Crippen molar-refractivity contribution in [2.24, 2.45) is 0 Å². The Morgan fingerprint density at radius 2 is 1.90 bits per heavy atom. The molecule has 2 N–H and O–H groups in total. The minimum Gasteiger partial charge on any atom is -0.460 e. The zero-order valence-electron chi connectivity index (χ0n) is 17.5. The molecule has 29 heavy (non-hydrogen) atoms. The van der Waals surface area contributed by atoms with Gasteiger partial charge in [-0.2, -0.15) is 11.8 Å². The van der Waals surface area contributed by atoms with Gasteiger partial charge >= 0.3 is 5.63 Å². The van der Waals surface area contributed by atoms with Crippen molar-refractivity contribution in [2.45, 2.75) is 46.6 Å². The minimum atomic E-state index is -0.520. The van der Waals surface area contributed by atoms with Gasteiger partial charge in [0, 0.05) is 5.39 Å². The number of aliphatic hydroxyl groups excluding tert-OH is 1. The average Bonchev–Trinajstić information content (AvgIpc) is 2.97. The molecule has 0 aliphatic carbocycles. The Hall–Kier alpha value is -2.25. The molecule has 0 radical (unpaired) electrons. The SMILES string of the molecule is CSCC[C@@H](CO)NC(=O)Cc1c(C)c2c(cc(C)c3c(C)c(C)oc32)oc1=O. The lowest BCUT2D eigenvalue weighted by Gasteiger charge is -2.16. The molecule has 0 saturated carbocycles. The molecule has 0 unspecified atom stereocenters. The van der Waals surface area contributed by atoms with Crippen LogP contribution in [0.25, 0.3) is 21.9 Å². The molecule has 1 amide bonds. The molecule has 3 rings (SSSR count). The van der Waals surface area contributed by atoms with Crippen LogP contribution in [0.2, 0.25) is 0 Å². The molecule has 0 bridgehead atoms. The third kappa shape index (κ3) is 4.07. The molecule has 7 heteroatoms. The van der Waals surface area contributed by atoms with Gasteiger partial charge in [-0.3, -0.25) is 4.79 Å². The maximum Gasteiger partial charge on any atom is 0.340 e. The maximum absolute atomic E-state index is 12.6. The second-order valence-electron chi connectivity index (χ2n) is 7.45. The zero-order valence-corrected chi connectivity index (χ0v) is 18.3. The number of hydrogen-bond donors (Lipinski definition) is 2. The first-order chi connectivity index (χ1) is 13.8. The van der Waals surface area contributed by atoms with E-state index in [1.165, 1.54) is 0 Å². The molecule has 0 aliphatic rings. The zero-order chi connectivity index (χ0) is 21.3. The van der Waals surface area contributed by atoms with E-state index in [2.05, 4.69) is 5.32 Å². The molecule has 1 atom stereocenters. The summed E-state index contributed by atoms with van der Waals surface area (Å²) in [5.41, 5.74) is 3.67. The molecule has 6 nitrogen and oxygen atoms in total. The number of fused-ring (bicyclic) bond motifs is 3. The van der Waals surface area contributed by atoms with Gasteiger partial charge in [-0.05, 0) is 68.9 Å². The molecule has 156 valence electrons. The maximum atomic E-state index is 12.6. The van der Waals surface area contributed by atoms with E-state index in [1.807, 2.05) is 40.0 Å². The highest BCUT2D eigenvalue weighted by molar-refractivity contribution is 7.98. The van der Waals surface area contributed by atoms with Gasteiger partial charge < -0.3 is 19.3 Å². The highest BCUT2D eigenvalue weighted by Crippen LogP contribution is 2.36. The van der Waals surface area contributed by atoms with Crippen LogP contribution in [0.5, 0.6) is 0 Å². The quantitative estimate of drug-likeness (QED) is 0.571. The smallest absolute Gasteiger partial charge is 0.340 e. The third-order valence-electron chi connectivity index (χ3n) is 5.47. The average molecular weight is 418 g/mol. The van der Waals surface area contributed by atoms with Crippen LogP contribution in [-0.2, 0) is 11.2 Å². The van der Waals surface area contributed by atoms with Gasteiger partial charge in [-0.15, -0.1) is 0 Å². The Morgan fingerprint density at radius 3 is 2.55 bits per heavy atom. The van der Waals surface area contributed by atoms with Gasteiger partial charge in [-0.1, -0.05) is 0 Å². The normalized spacial score (nSPS) is 12.6. The third-order valence-corrected chi connectivity index (χ3v) is 6.11. The van der Waals surface area contributed by atoms with Crippen molar-refractivity contribution in [3.05, 3.63) is 44.5 Å². The van der Waals surface area contributed by atoms with Crippen molar-refractivity contribution in [3.8, 4) is 0 Å². The van der Waals surface area contributed by atoms with Crippen molar-refractivity contribution in [3.63, 3.8) is 0 Å². The summed E-state index contributed by atoms with van der Waals surface area (Å²) in [6.45, 7) is 7.56. The number of benzene rings is 1. The van der Waals surface area contributed by atoms with Crippen molar-refractivity contribution >= 4 is 39.6 Å². The molecule has 2 heterocycles. The van der Waals surface area contributed by atoms with Gasteiger partial charge in [0.15, 0.2) is 0 Å². The second kappa shape index (κ2) is 8.63. The number of hydrogen-bond acceptors (Lipinski definition) is 6. The second-order valence-corrected chi connectivity index (χ2v) is 8.44. The van der Waals surface area contributed by atoms with E-state index in [0.717, 1.165) is 33.4 Å². The number of nitrogens with one attached hydrogen (secondary N) is 1. The van der Waals surface area contributed by atoms with E-state index in [9.17, 15) is 14.7 Å². The Morgan fingerprint density at radius 1 is 1.17 bits per heavy atom. The van der Waals surface area contributed by atoms with Gasteiger partial charge in [0.1, 0.15) is 16.9 Å². The van der Waals surface area contributed by atoms with Crippen LogP contribution >= 0.6 is 11.8 Å².